The maximum absolute atomic E-state index is 12.3. The van der Waals surface area contributed by atoms with Gasteiger partial charge in [0.05, 0.1) is 12.3 Å². The minimum absolute atomic E-state index is 0.0145. The van der Waals surface area contributed by atoms with E-state index in [9.17, 15) is 15.0 Å². The summed E-state index contributed by atoms with van der Waals surface area (Å²) in [6, 6.07) is 9.78. The average Bonchev–Trinajstić information content (AvgIpc) is 3.03. The molecule has 0 saturated carbocycles. The zero-order chi connectivity index (χ0) is 18.7. The second-order valence-electron chi connectivity index (χ2n) is 6.35. The first-order chi connectivity index (χ1) is 12.5. The van der Waals surface area contributed by atoms with Crippen molar-refractivity contribution in [3.8, 4) is 5.88 Å². The summed E-state index contributed by atoms with van der Waals surface area (Å²) < 4.78 is 1.29. The van der Waals surface area contributed by atoms with Crippen LogP contribution in [-0.2, 0) is 6.42 Å². The van der Waals surface area contributed by atoms with E-state index in [-0.39, 0.29) is 11.8 Å². The van der Waals surface area contributed by atoms with Crippen LogP contribution in [0.1, 0.15) is 40.5 Å². The normalized spacial score (nSPS) is 12.3. The van der Waals surface area contributed by atoms with Crippen molar-refractivity contribution in [3.63, 3.8) is 0 Å². The van der Waals surface area contributed by atoms with Gasteiger partial charge in [0.1, 0.15) is 5.56 Å². The van der Waals surface area contributed by atoms with E-state index in [0.29, 0.717) is 41.9 Å². The Labute approximate surface area is 151 Å². The molecular formula is C19H22N4O3. The quantitative estimate of drug-likeness (QED) is 0.627. The number of aromatic nitrogens is 3. The highest BCUT2D eigenvalue weighted by Gasteiger charge is 2.19. The third-order valence-electron chi connectivity index (χ3n) is 4.24. The molecule has 2 heterocycles. The number of carbonyl (C=O) groups is 1. The number of nitrogens with one attached hydrogen (secondary N) is 1. The van der Waals surface area contributed by atoms with Crippen molar-refractivity contribution < 1.29 is 15.0 Å². The zero-order valence-corrected chi connectivity index (χ0v) is 14.8. The van der Waals surface area contributed by atoms with Gasteiger partial charge in [0.2, 0.25) is 5.88 Å². The molecule has 0 spiro atoms. The van der Waals surface area contributed by atoms with E-state index in [1.54, 1.807) is 13.8 Å². The molecule has 0 bridgehead atoms. The van der Waals surface area contributed by atoms with Gasteiger partial charge in [-0.15, -0.1) is 0 Å². The van der Waals surface area contributed by atoms with Crippen LogP contribution < -0.4 is 5.32 Å². The van der Waals surface area contributed by atoms with Gasteiger partial charge in [-0.3, -0.25) is 4.79 Å². The number of fused-ring (bicyclic) bond motifs is 1. The molecule has 3 N–H and O–H groups in total. The predicted octanol–water partition coefficient (Wildman–Crippen LogP) is 1.83. The van der Waals surface area contributed by atoms with Crippen LogP contribution in [0, 0.1) is 6.92 Å². The van der Waals surface area contributed by atoms with Crippen LogP contribution in [0.2, 0.25) is 0 Å². The molecule has 26 heavy (non-hydrogen) atoms. The topological polar surface area (TPSA) is 99.8 Å². The molecule has 1 aromatic carbocycles. The summed E-state index contributed by atoms with van der Waals surface area (Å²) in [5, 5.41) is 26.8. The fourth-order valence-corrected chi connectivity index (χ4v) is 2.78. The van der Waals surface area contributed by atoms with E-state index >= 15 is 0 Å². The highest BCUT2D eigenvalue weighted by molar-refractivity contribution is 5.99. The molecule has 0 aliphatic heterocycles. The molecule has 7 nitrogen and oxygen atoms in total. The summed E-state index contributed by atoms with van der Waals surface area (Å²) >= 11 is 0. The average molecular weight is 354 g/mol. The van der Waals surface area contributed by atoms with Gasteiger partial charge in [-0.2, -0.15) is 9.61 Å². The number of aromatic hydroxyl groups is 1. The van der Waals surface area contributed by atoms with Crippen molar-refractivity contribution >= 4 is 11.6 Å². The summed E-state index contributed by atoms with van der Waals surface area (Å²) in [7, 11) is 0. The number of carbonyl (C=O) groups excluding carboxylic acids is 1. The summed E-state index contributed by atoms with van der Waals surface area (Å²) in [5.74, 6) is -0.345. The van der Waals surface area contributed by atoms with Gasteiger partial charge in [-0.05, 0) is 25.8 Å². The SMILES string of the molecule is Cc1nc2c(C(=O)NCC[C@H](C)O)cnn2c(O)c1Cc1ccccc1. The van der Waals surface area contributed by atoms with E-state index in [4.69, 9.17) is 0 Å². The Balaban J connectivity index is 1.90. The molecule has 0 aliphatic rings. The van der Waals surface area contributed by atoms with Gasteiger partial charge in [-0.1, -0.05) is 30.3 Å². The summed E-state index contributed by atoms with van der Waals surface area (Å²) in [6.45, 7) is 3.82. The minimum Gasteiger partial charge on any atom is -0.493 e. The van der Waals surface area contributed by atoms with Gasteiger partial charge in [0.25, 0.3) is 5.91 Å². The van der Waals surface area contributed by atoms with Crippen molar-refractivity contribution in [1.82, 2.24) is 19.9 Å². The van der Waals surface area contributed by atoms with E-state index in [1.165, 1.54) is 10.7 Å². The lowest BCUT2D eigenvalue weighted by molar-refractivity contribution is 0.0947. The van der Waals surface area contributed by atoms with Crippen molar-refractivity contribution in [2.45, 2.75) is 32.8 Å². The number of rotatable bonds is 6. The lowest BCUT2D eigenvalue weighted by Crippen LogP contribution is -2.26. The number of aliphatic hydroxyl groups excluding tert-OH is 1. The Morgan fingerprint density at radius 1 is 1.31 bits per heavy atom. The third-order valence-corrected chi connectivity index (χ3v) is 4.24. The largest absolute Gasteiger partial charge is 0.493 e. The van der Waals surface area contributed by atoms with E-state index < -0.39 is 6.10 Å². The number of aliphatic hydroxyl groups is 1. The van der Waals surface area contributed by atoms with Gasteiger partial charge >= 0.3 is 0 Å². The van der Waals surface area contributed by atoms with Crippen LogP contribution in [0.4, 0.5) is 0 Å². The highest BCUT2D eigenvalue weighted by atomic mass is 16.3. The first kappa shape index (κ1) is 17.9. The van der Waals surface area contributed by atoms with E-state index in [2.05, 4.69) is 15.4 Å². The van der Waals surface area contributed by atoms with E-state index in [1.807, 2.05) is 30.3 Å². The van der Waals surface area contributed by atoms with Crippen molar-refractivity contribution in [2.75, 3.05) is 6.54 Å². The van der Waals surface area contributed by atoms with Crippen molar-refractivity contribution in [3.05, 3.63) is 58.9 Å². The Kier molecular flexibility index (Phi) is 5.18. The second-order valence-corrected chi connectivity index (χ2v) is 6.35. The lowest BCUT2D eigenvalue weighted by Gasteiger charge is -2.10. The Hall–Kier alpha value is -2.93. The molecule has 0 aliphatic carbocycles. The highest BCUT2D eigenvalue weighted by Crippen LogP contribution is 2.25. The standard InChI is InChI=1S/C19H22N4O3/c1-12(24)8-9-20-18(25)16-11-21-23-17(16)22-13(2)15(19(23)26)10-14-6-4-3-5-7-14/h3-7,11-12,24,26H,8-10H2,1-2H3,(H,20,25)/t12-/m0/s1. The van der Waals surface area contributed by atoms with Gasteiger partial charge in [0.15, 0.2) is 5.65 Å². The molecule has 1 amide bonds. The zero-order valence-electron chi connectivity index (χ0n) is 14.8. The maximum Gasteiger partial charge on any atom is 0.256 e. The summed E-state index contributed by atoms with van der Waals surface area (Å²) in [6.07, 6.45) is 1.90. The Bertz CT molecular complexity index is 919. The predicted molar refractivity (Wildman–Crippen MR) is 97.3 cm³/mol. The minimum atomic E-state index is -0.482. The van der Waals surface area contributed by atoms with Crippen LogP contribution in [0.5, 0.6) is 5.88 Å². The molecule has 3 rings (SSSR count). The molecule has 0 saturated heterocycles. The molecule has 7 heteroatoms. The molecule has 136 valence electrons. The number of aryl methyl sites for hydroxylation is 1. The molecule has 3 aromatic rings. The van der Waals surface area contributed by atoms with Crippen LogP contribution in [0.3, 0.4) is 0 Å². The number of hydrogen-bond donors (Lipinski definition) is 3. The molecule has 0 unspecified atom stereocenters. The lowest BCUT2D eigenvalue weighted by atomic mass is 10.0. The fourth-order valence-electron chi connectivity index (χ4n) is 2.78. The van der Waals surface area contributed by atoms with Crippen LogP contribution >= 0.6 is 0 Å². The van der Waals surface area contributed by atoms with Gasteiger partial charge in [0, 0.05) is 24.2 Å². The van der Waals surface area contributed by atoms with E-state index in [0.717, 1.165) is 5.56 Å². The number of hydrogen-bond acceptors (Lipinski definition) is 5. The van der Waals surface area contributed by atoms with Gasteiger partial charge < -0.3 is 15.5 Å². The fraction of sp³-hybridized carbons (Fsp3) is 0.316. The summed E-state index contributed by atoms with van der Waals surface area (Å²) in [4.78, 5) is 16.8. The Morgan fingerprint density at radius 2 is 2.04 bits per heavy atom. The monoisotopic (exact) mass is 354 g/mol. The third kappa shape index (κ3) is 3.67. The van der Waals surface area contributed by atoms with Crippen molar-refractivity contribution in [1.29, 1.82) is 0 Å². The van der Waals surface area contributed by atoms with Crippen molar-refractivity contribution in [2.24, 2.45) is 0 Å². The molecule has 2 aromatic heterocycles. The molecular weight excluding hydrogens is 332 g/mol. The Morgan fingerprint density at radius 3 is 2.73 bits per heavy atom. The number of nitrogens with zero attached hydrogens (tertiary/aromatic N) is 3. The smallest absolute Gasteiger partial charge is 0.256 e. The first-order valence-corrected chi connectivity index (χ1v) is 8.53. The second kappa shape index (κ2) is 7.53. The molecule has 1 atom stereocenters. The van der Waals surface area contributed by atoms with Gasteiger partial charge in [-0.25, -0.2) is 4.98 Å². The summed E-state index contributed by atoms with van der Waals surface area (Å²) in [5.41, 5.74) is 2.98. The number of amides is 1. The van der Waals surface area contributed by atoms with Crippen LogP contribution in [0.15, 0.2) is 36.5 Å². The van der Waals surface area contributed by atoms with Crippen LogP contribution in [-0.4, -0.2) is 43.4 Å². The molecule has 0 fully saturated rings. The molecule has 0 radical (unpaired) electrons. The van der Waals surface area contributed by atoms with Crippen LogP contribution in [0.25, 0.3) is 5.65 Å². The first-order valence-electron chi connectivity index (χ1n) is 8.53. The maximum atomic E-state index is 12.3. The number of benzene rings is 1.